The number of hydrogen-bond acceptors (Lipinski definition) is 4. The zero-order valence-corrected chi connectivity index (χ0v) is 16.4. The van der Waals surface area contributed by atoms with Crippen molar-refractivity contribution in [3.63, 3.8) is 0 Å². The number of para-hydroxylation sites is 2. The number of likely N-dealkylation sites (tertiary alicyclic amines) is 1. The topological polar surface area (TPSA) is 70.7 Å². The van der Waals surface area contributed by atoms with Gasteiger partial charge in [-0.15, -0.1) is 0 Å². The van der Waals surface area contributed by atoms with Gasteiger partial charge in [0.15, 0.2) is 0 Å². The van der Waals surface area contributed by atoms with E-state index in [1.165, 1.54) is 6.42 Å². The van der Waals surface area contributed by atoms with Gasteiger partial charge in [0, 0.05) is 11.3 Å². The normalized spacial score (nSPS) is 15.5. The molecule has 1 saturated heterocycles. The fourth-order valence-corrected chi connectivity index (χ4v) is 3.37. The number of nitrogens with one attached hydrogen (secondary N) is 2. The minimum Gasteiger partial charge on any atom is -0.495 e. The number of ether oxygens (including phenoxy) is 1. The average Bonchev–Trinajstić information content (AvgIpc) is 2.74. The number of amides is 2. The minimum atomic E-state index is -0.232. The number of rotatable bonds is 6. The summed E-state index contributed by atoms with van der Waals surface area (Å²) in [6, 6.07) is 14.0. The molecule has 0 saturated carbocycles. The molecule has 0 unspecified atom stereocenters. The number of nitrogens with zero attached hydrogens (tertiary/aromatic N) is 1. The highest BCUT2D eigenvalue weighted by Gasteiger charge is 2.22. The number of benzene rings is 2. The SMILES string of the molecule is COc1ccccc1NC(=O)c1ccc(NC(=O)[C@H](C)N2CCCCC2)cc1. The summed E-state index contributed by atoms with van der Waals surface area (Å²) in [7, 11) is 1.56. The van der Waals surface area contributed by atoms with Gasteiger partial charge in [0.05, 0.1) is 18.8 Å². The van der Waals surface area contributed by atoms with Crippen LogP contribution in [0.5, 0.6) is 5.75 Å². The van der Waals surface area contributed by atoms with Gasteiger partial charge in [0.2, 0.25) is 5.91 Å². The molecule has 0 aromatic heterocycles. The fourth-order valence-electron chi connectivity index (χ4n) is 3.37. The summed E-state index contributed by atoms with van der Waals surface area (Å²) in [5.74, 6) is 0.351. The van der Waals surface area contributed by atoms with Gasteiger partial charge in [-0.2, -0.15) is 0 Å². The molecule has 0 spiro atoms. The van der Waals surface area contributed by atoms with Crippen molar-refractivity contribution in [2.75, 3.05) is 30.8 Å². The van der Waals surface area contributed by atoms with Crippen LogP contribution in [0, 0.1) is 0 Å². The van der Waals surface area contributed by atoms with Crippen LogP contribution in [0.1, 0.15) is 36.5 Å². The van der Waals surface area contributed by atoms with E-state index in [4.69, 9.17) is 4.74 Å². The van der Waals surface area contributed by atoms with Crippen LogP contribution in [0.2, 0.25) is 0 Å². The zero-order valence-electron chi connectivity index (χ0n) is 16.4. The van der Waals surface area contributed by atoms with E-state index < -0.39 is 0 Å². The van der Waals surface area contributed by atoms with E-state index in [0.29, 0.717) is 22.7 Å². The maximum Gasteiger partial charge on any atom is 0.255 e. The third-order valence-corrected chi connectivity index (χ3v) is 5.09. The third kappa shape index (κ3) is 4.89. The van der Waals surface area contributed by atoms with E-state index >= 15 is 0 Å². The molecule has 2 amide bonds. The van der Waals surface area contributed by atoms with Gasteiger partial charge in [-0.3, -0.25) is 14.5 Å². The summed E-state index contributed by atoms with van der Waals surface area (Å²) in [4.78, 5) is 27.2. The Morgan fingerprint density at radius 2 is 1.64 bits per heavy atom. The van der Waals surface area contributed by atoms with Crippen LogP contribution in [0.25, 0.3) is 0 Å². The Hall–Kier alpha value is -2.86. The molecule has 1 aliphatic heterocycles. The van der Waals surface area contributed by atoms with E-state index in [0.717, 1.165) is 25.9 Å². The lowest BCUT2D eigenvalue weighted by Crippen LogP contribution is -2.44. The molecule has 6 nitrogen and oxygen atoms in total. The van der Waals surface area contributed by atoms with E-state index in [-0.39, 0.29) is 17.9 Å². The first kappa shape index (κ1) is 19.9. The van der Waals surface area contributed by atoms with Crippen LogP contribution < -0.4 is 15.4 Å². The lowest BCUT2D eigenvalue weighted by Gasteiger charge is -2.31. The van der Waals surface area contributed by atoms with Crippen molar-refractivity contribution in [3.05, 3.63) is 54.1 Å². The molecule has 1 fully saturated rings. The Morgan fingerprint density at radius 3 is 2.32 bits per heavy atom. The quantitative estimate of drug-likeness (QED) is 0.799. The average molecular weight is 381 g/mol. The summed E-state index contributed by atoms with van der Waals surface area (Å²) in [5.41, 5.74) is 1.80. The highest BCUT2D eigenvalue weighted by molar-refractivity contribution is 6.05. The standard InChI is InChI=1S/C22H27N3O3/c1-16(25-14-6-3-7-15-25)21(26)23-18-12-10-17(11-13-18)22(27)24-19-8-4-5-9-20(19)28-2/h4-5,8-13,16H,3,6-7,14-15H2,1-2H3,(H,23,26)(H,24,27)/t16-/m0/s1. The Balaban J connectivity index is 1.59. The molecular weight excluding hydrogens is 354 g/mol. The molecule has 148 valence electrons. The van der Waals surface area contributed by atoms with Gasteiger partial charge in [-0.1, -0.05) is 18.6 Å². The third-order valence-electron chi connectivity index (χ3n) is 5.09. The van der Waals surface area contributed by atoms with Crippen molar-refractivity contribution in [1.82, 2.24) is 4.90 Å². The second kappa shape index (κ2) is 9.37. The number of hydrogen-bond donors (Lipinski definition) is 2. The number of methoxy groups -OCH3 is 1. The molecule has 6 heteroatoms. The molecule has 0 aliphatic carbocycles. The van der Waals surface area contributed by atoms with Gasteiger partial charge < -0.3 is 15.4 Å². The molecule has 28 heavy (non-hydrogen) atoms. The Bertz CT molecular complexity index is 814. The highest BCUT2D eigenvalue weighted by Crippen LogP contribution is 2.24. The summed E-state index contributed by atoms with van der Waals surface area (Å²) >= 11 is 0. The largest absolute Gasteiger partial charge is 0.495 e. The van der Waals surface area contributed by atoms with Crippen molar-refractivity contribution in [3.8, 4) is 5.75 Å². The highest BCUT2D eigenvalue weighted by atomic mass is 16.5. The van der Waals surface area contributed by atoms with Crippen LogP contribution in [-0.4, -0.2) is 43.0 Å². The summed E-state index contributed by atoms with van der Waals surface area (Å²) in [6.07, 6.45) is 3.53. The van der Waals surface area contributed by atoms with Gasteiger partial charge in [-0.25, -0.2) is 0 Å². The van der Waals surface area contributed by atoms with Crippen molar-refractivity contribution in [2.45, 2.75) is 32.2 Å². The second-order valence-electron chi connectivity index (χ2n) is 6.99. The van der Waals surface area contributed by atoms with Crippen LogP contribution in [0.4, 0.5) is 11.4 Å². The Kier molecular flexibility index (Phi) is 6.66. The molecule has 0 radical (unpaired) electrons. The first-order valence-corrected chi connectivity index (χ1v) is 9.68. The molecule has 0 bridgehead atoms. The molecular formula is C22H27N3O3. The van der Waals surface area contributed by atoms with Crippen molar-refractivity contribution in [1.29, 1.82) is 0 Å². The molecule has 1 aliphatic rings. The van der Waals surface area contributed by atoms with Crippen molar-refractivity contribution < 1.29 is 14.3 Å². The first-order chi connectivity index (χ1) is 13.6. The minimum absolute atomic E-state index is 0.0203. The zero-order chi connectivity index (χ0) is 19.9. The van der Waals surface area contributed by atoms with E-state index in [9.17, 15) is 9.59 Å². The van der Waals surface area contributed by atoms with Crippen LogP contribution in [-0.2, 0) is 4.79 Å². The molecule has 3 rings (SSSR count). The van der Waals surface area contributed by atoms with Gasteiger partial charge in [-0.05, 0) is 69.3 Å². The van der Waals surface area contributed by atoms with Gasteiger partial charge >= 0.3 is 0 Å². The molecule has 2 aromatic rings. The van der Waals surface area contributed by atoms with Gasteiger partial charge in [0.1, 0.15) is 5.75 Å². The second-order valence-corrected chi connectivity index (χ2v) is 6.99. The van der Waals surface area contributed by atoms with E-state index in [2.05, 4.69) is 15.5 Å². The van der Waals surface area contributed by atoms with Crippen LogP contribution in [0.3, 0.4) is 0 Å². The Labute approximate surface area is 165 Å². The fraction of sp³-hybridized carbons (Fsp3) is 0.364. The first-order valence-electron chi connectivity index (χ1n) is 9.68. The number of carbonyl (C=O) groups excluding carboxylic acids is 2. The van der Waals surface area contributed by atoms with Crippen molar-refractivity contribution in [2.24, 2.45) is 0 Å². The number of carbonyl (C=O) groups is 2. The predicted octanol–water partition coefficient (Wildman–Crippen LogP) is 3.76. The maximum atomic E-state index is 12.5. The number of anilines is 2. The number of piperidine rings is 1. The predicted molar refractivity (Wildman–Crippen MR) is 111 cm³/mol. The monoisotopic (exact) mass is 381 g/mol. The molecule has 1 atom stereocenters. The van der Waals surface area contributed by atoms with E-state index in [1.54, 1.807) is 43.5 Å². The summed E-state index contributed by atoms with van der Waals surface area (Å²) in [6.45, 7) is 3.88. The van der Waals surface area contributed by atoms with Crippen LogP contribution in [0.15, 0.2) is 48.5 Å². The molecule has 2 aromatic carbocycles. The maximum absolute atomic E-state index is 12.5. The Morgan fingerprint density at radius 1 is 0.964 bits per heavy atom. The van der Waals surface area contributed by atoms with Crippen LogP contribution >= 0.6 is 0 Å². The lowest BCUT2D eigenvalue weighted by atomic mass is 10.1. The molecule has 2 N–H and O–H groups in total. The molecule has 1 heterocycles. The summed E-state index contributed by atoms with van der Waals surface area (Å²) in [5, 5.41) is 5.78. The van der Waals surface area contributed by atoms with Gasteiger partial charge in [0.25, 0.3) is 5.91 Å². The van der Waals surface area contributed by atoms with Crippen molar-refractivity contribution >= 4 is 23.2 Å². The van der Waals surface area contributed by atoms with E-state index in [1.807, 2.05) is 19.1 Å². The summed E-state index contributed by atoms with van der Waals surface area (Å²) < 4.78 is 5.25. The smallest absolute Gasteiger partial charge is 0.255 e. The lowest BCUT2D eigenvalue weighted by molar-refractivity contribution is -0.121.